The molecule has 0 unspecified atom stereocenters. The smallest absolute Gasteiger partial charge is 0.251 e. The van der Waals surface area contributed by atoms with Crippen LogP contribution in [0.3, 0.4) is 0 Å². The Balaban J connectivity index is 1.80. The Bertz CT molecular complexity index is 624. The summed E-state index contributed by atoms with van der Waals surface area (Å²) in [5.74, 6) is -1.96. The van der Waals surface area contributed by atoms with Gasteiger partial charge in [-0.05, 0) is 32.0 Å². The molecule has 2 heterocycles. The second-order valence-electron chi connectivity index (χ2n) is 6.33. The molecular formula is C16H20FNO6. The lowest BCUT2D eigenvalue weighted by Crippen LogP contribution is -2.52. The minimum Gasteiger partial charge on any atom is -0.394 e. The fraction of sp³-hybridized carbons (Fsp3) is 0.562. The van der Waals surface area contributed by atoms with Gasteiger partial charge in [0.05, 0.1) is 12.6 Å². The number of hydrogen-bond donors (Lipinski definition) is 3. The molecule has 7 nitrogen and oxygen atoms in total. The Morgan fingerprint density at radius 1 is 1.42 bits per heavy atom. The number of aliphatic hydroxyl groups is 2. The Morgan fingerprint density at radius 3 is 2.83 bits per heavy atom. The molecular weight excluding hydrogens is 321 g/mol. The maximum atomic E-state index is 13.3. The Kier molecular flexibility index (Phi) is 4.58. The fourth-order valence-corrected chi connectivity index (χ4v) is 2.99. The number of amides is 1. The summed E-state index contributed by atoms with van der Waals surface area (Å²) in [7, 11) is 0. The lowest BCUT2D eigenvalue weighted by molar-refractivity contribution is -0.218. The predicted octanol–water partition coefficient (Wildman–Crippen LogP) is 0.154. The van der Waals surface area contributed by atoms with E-state index in [1.165, 1.54) is 18.2 Å². The molecule has 2 saturated heterocycles. The first-order valence-electron chi connectivity index (χ1n) is 7.67. The molecule has 24 heavy (non-hydrogen) atoms. The lowest BCUT2D eigenvalue weighted by Gasteiger charge is -2.28. The molecule has 8 heteroatoms. The van der Waals surface area contributed by atoms with Crippen molar-refractivity contribution in [2.45, 2.75) is 50.3 Å². The summed E-state index contributed by atoms with van der Waals surface area (Å²) in [5, 5.41) is 21.8. The fourth-order valence-electron chi connectivity index (χ4n) is 2.99. The number of carbonyl (C=O) groups excluding carboxylic acids is 1. The van der Waals surface area contributed by atoms with Crippen LogP contribution in [0.15, 0.2) is 24.3 Å². The Labute approximate surface area is 138 Å². The average Bonchev–Trinajstić information content (AvgIpc) is 2.99. The quantitative estimate of drug-likeness (QED) is 0.722. The first-order valence-corrected chi connectivity index (χ1v) is 7.67. The van der Waals surface area contributed by atoms with E-state index in [9.17, 15) is 19.4 Å². The number of ether oxygens (including phenoxy) is 3. The Morgan fingerprint density at radius 2 is 2.17 bits per heavy atom. The highest BCUT2D eigenvalue weighted by atomic mass is 19.1. The second kappa shape index (κ2) is 6.38. The summed E-state index contributed by atoms with van der Waals surface area (Å²) in [4.78, 5) is 12.4. The monoisotopic (exact) mass is 341 g/mol. The molecule has 0 aromatic heterocycles. The molecule has 0 radical (unpaired) electrons. The molecule has 0 aliphatic carbocycles. The van der Waals surface area contributed by atoms with E-state index in [0.717, 1.165) is 6.07 Å². The highest BCUT2D eigenvalue weighted by molar-refractivity contribution is 5.94. The van der Waals surface area contributed by atoms with Crippen LogP contribution in [0.2, 0.25) is 0 Å². The summed E-state index contributed by atoms with van der Waals surface area (Å²) in [6.45, 7) is 2.87. The van der Waals surface area contributed by atoms with Gasteiger partial charge >= 0.3 is 0 Å². The van der Waals surface area contributed by atoms with Crippen LogP contribution in [-0.4, -0.2) is 59.2 Å². The van der Waals surface area contributed by atoms with Gasteiger partial charge in [-0.25, -0.2) is 4.39 Å². The van der Waals surface area contributed by atoms with Crippen LogP contribution in [0.25, 0.3) is 0 Å². The highest BCUT2D eigenvalue weighted by Gasteiger charge is 2.56. The maximum Gasteiger partial charge on any atom is 0.251 e. The van der Waals surface area contributed by atoms with E-state index in [2.05, 4.69) is 5.32 Å². The van der Waals surface area contributed by atoms with Crippen molar-refractivity contribution >= 4 is 5.91 Å². The normalized spacial score (nSPS) is 32.4. The van der Waals surface area contributed by atoms with Crippen molar-refractivity contribution in [1.82, 2.24) is 5.32 Å². The maximum absolute atomic E-state index is 13.3. The third-order valence-corrected chi connectivity index (χ3v) is 4.04. The topological polar surface area (TPSA) is 97.3 Å². The van der Waals surface area contributed by atoms with Gasteiger partial charge in [0.15, 0.2) is 12.1 Å². The second-order valence-corrected chi connectivity index (χ2v) is 6.33. The molecule has 2 fully saturated rings. The van der Waals surface area contributed by atoms with E-state index >= 15 is 0 Å². The third kappa shape index (κ3) is 3.28. The molecule has 0 spiro atoms. The van der Waals surface area contributed by atoms with Gasteiger partial charge in [-0.2, -0.15) is 0 Å². The van der Waals surface area contributed by atoms with Crippen molar-refractivity contribution in [3.63, 3.8) is 0 Å². The number of hydrogen-bond acceptors (Lipinski definition) is 6. The molecule has 2 aliphatic heterocycles. The summed E-state index contributed by atoms with van der Waals surface area (Å²) < 4.78 is 30.2. The van der Waals surface area contributed by atoms with E-state index in [1.807, 2.05) is 0 Å². The van der Waals surface area contributed by atoms with Crippen LogP contribution in [0.5, 0.6) is 0 Å². The highest BCUT2D eigenvalue weighted by Crippen LogP contribution is 2.38. The molecule has 2 aliphatic rings. The lowest BCUT2D eigenvalue weighted by atomic mass is 10.0. The average molecular weight is 341 g/mol. The number of nitrogens with one attached hydrogen (secondary N) is 1. The van der Waals surface area contributed by atoms with Gasteiger partial charge in [-0.1, -0.05) is 6.07 Å². The van der Waals surface area contributed by atoms with Crippen LogP contribution in [-0.2, 0) is 14.2 Å². The van der Waals surface area contributed by atoms with Gasteiger partial charge in [0.2, 0.25) is 0 Å². The van der Waals surface area contributed by atoms with Crippen LogP contribution in [0.1, 0.15) is 24.2 Å². The van der Waals surface area contributed by atoms with Crippen molar-refractivity contribution in [3.8, 4) is 0 Å². The SMILES string of the molecule is CC1(C)O[C@H]2O[C@H]([C@H](O)CO)[C@@H](NC(=O)c3cccc(F)c3)[C@H]2O1. The number of aliphatic hydroxyl groups excluding tert-OH is 2. The van der Waals surface area contributed by atoms with E-state index in [-0.39, 0.29) is 5.56 Å². The van der Waals surface area contributed by atoms with Gasteiger partial charge in [-0.3, -0.25) is 4.79 Å². The van der Waals surface area contributed by atoms with Gasteiger partial charge in [-0.15, -0.1) is 0 Å². The first kappa shape index (κ1) is 17.2. The third-order valence-electron chi connectivity index (χ3n) is 4.04. The van der Waals surface area contributed by atoms with Gasteiger partial charge < -0.3 is 29.7 Å². The van der Waals surface area contributed by atoms with E-state index in [0.29, 0.717) is 0 Å². The summed E-state index contributed by atoms with van der Waals surface area (Å²) >= 11 is 0. The summed E-state index contributed by atoms with van der Waals surface area (Å²) in [6, 6.07) is 4.49. The van der Waals surface area contributed by atoms with Crippen LogP contribution < -0.4 is 5.32 Å². The number of carbonyl (C=O) groups is 1. The van der Waals surface area contributed by atoms with Gasteiger partial charge in [0.1, 0.15) is 24.1 Å². The van der Waals surface area contributed by atoms with Crippen molar-refractivity contribution in [1.29, 1.82) is 0 Å². The van der Waals surface area contributed by atoms with Crippen molar-refractivity contribution in [2.24, 2.45) is 0 Å². The van der Waals surface area contributed by atoms with E-state index in [4.69, 9.17) is 14.2 Å². The van der Waals surface area contributed by atoms with Crippen molar-refractivity contribution in [2.75, 3.05) is 6.61 Å². The minimum absolute atomic E-state index is 0.133. The molecule has 0 saturated carbocycles. The van der Waals surface area contributed by atoms with Crippen LogP contribution in [0.4, 0.5) is 4.39 Å². The number of fused-ring (bicyclic) bond motifs is 1. The van der Waals surface area contributed by atoms with E-state index in [1.54, 1.807) is 13.8 Å². The number of rotatable bonds is 4. The first-order chi connectivity index (χ1) is 11.3. The largest absolute Gasteiger partial charge is 0.394 e. The Hall–Kier alpha value is -1.58. The van der Waals surface area contributed by atoms with E-state index < -0.39 is 54.8 Å². The molecule has 1 amide bonds. The zero-order chi connectivity index (χ0) is 17.5. The number of halogens is 1. The molecule has 132 valence electrons. The van der Waals surface area contributed by atoms with Gasteiger partial charge in [0, 0.05) is 5.56 Å². The zero-order valence-corrected chi connectivity index (χ0v) is 13.3. The number of benzene rings is 1. The summed E-state index contributed by atoms with van der Waals surface area (Å²) in [5.41, 5.74) is 0.133. The predicted molar refractivity (Wildman–Crippen MR) is 79.4 cm³/mol. The standard InChI is InChI=1S/C16H20FNO6/c1-16(2)23-13-11(12(10(20)7-19)22-15(13)24-16)18-14(21)8-4-3-5-9(17)6-8/h3-6,10-13,15,19-20H,7H2,1-2H3,(H,18,21)/t10-,11-,12-,13-,15-/m1/s1. The van der Waals surface area contributed by atoms with Crippen molar-refractivity contribution < 1.29 is 33.6 Å². The van der Waals surface area contributed by atoms with Crippen LogP contribution >= 0.6 is 0 Å². The molecule has 5 atom stereocenters. The molecule has 0 bridgehead atoms. The van der Waals surface area contributed by atoms with Crippen LogP contribution in [0, 0.1) is 5.82 Å². The molecule has 3 N–H and O–H groups in total. The van der Waals surface area contributed by atoms with Crippen molar-refractivity contribution in [3.05, 3.63) is 35.6 Å². The molecule has 3 rings (SSSR count). The molecule has 1 aromatic rings. The summed E-state index contributed by atoms with van der Waals surface area (Å²) in [6.07, 6.45) is -3.55. The minimum atomic E-state index is -1.22. The molecule has 1 aromatic carbocycles. The van der Waals surface area contributed by atoms with Gasteiger partial charge in [0.25, 0.3) is 5.91 Å². The zero-order valence-electron chi connectivity index (χ0n) is 13.3.